The summed E-state index contributed by atoms with van der Waals surface area (Å²) in [7, 11) is 0. The zero-order chi connectivity index (χ0) is 19.4. The fourth-order valence-corrected chi connectivity index (χ4v) is 5.64. The van der Waals surface area contributed by atoms with Crippen molar-refractivity contribution >= 4 is 44.2 Å². The number of H-pyrrole nitrogens is 1. The Morgan fingerprint density at radius 1 is 1.10 bits per heavy atom. The average Bonchev–Trinajstić information content (AvgIpc) is 3.48. The van der Waals surface area contributed by atoms with Gasteiger partial charge in [-0.05, 0) is 43.0 Å². The number of rotatable bonds is 2. The van der Waals surface area contributed by atoms with Gasteiger partial charge >= 0.3 is 0 Å². The molecule has 146 valence electrons. The summed E-state index contributed by atoms with van der Waals surface area (Å²) in [6, 6.07) is 8.54. The lowest BCUT2D eigenvalue weighted by Gasteiger charge is -2.39. The van der Waals surface area contributed by atoms with Crippen molar-refractivity contribution in [3.8, 4) is 11.1 Å². The smallest absolute Gasteiger partial charge is 0.226 e. The number of benzene rings is 1. The van der Waals surface area contributed by atoms with E-state index in [0.717, 1.165) is 66.6 Å². The second-order valence-electron chi connectivity index (χ2n) is 8.07. The second-order valence-corrected chi connectivity index (χ2v) is 8.95. The molecule has 1 aromatic carbocycles. The molecule has 0 radical (unpaired) electrons. The van der Waals surface area contributed by atoms with Crippen LogP contribution in [0, 0.1) is 5.41 Å². The van der Waals surface area contributed by atoms with E-state index in [1.807, 2.05) is 17.9 Å². The van der Waals surface area contributed by atoms with Gasteiger partial charge in [-0.1, -0.05) is 6.07 Å². The molecule has 0 saturated carbocycles. The number of nitrogens with one attached hydrogen (secondary N) is 2. The van der Waals surface area contributed by atoms with Crippen LogP contribution in [0.15, 0.2) is 42.2 Å². The molecule has 6 nitrogen and oxygen atoms in total. The Morgan fingerprint density at radius 2 is 2.00 bits per heavy atom. The van der Waals surface area contributed by atoms with Crippen molar-refractivity contribution in [3.05, 3.63) is 42.2 Å². The SMILES string of the molecule is O=C1NCCC12CCN(c1c(-c3ccc4ncsc4c3)cnc3[nH]ccc13)CC2. The first-order valence-electron chi connectivity index (χ1n) is 10.1. The zero-order valence-electron chi connectivity index (χ0n) is 15.9. The monoisotopic (exact) mass is 403 g/mol. The number of fused-ring (bicyclic) bond motifs is 2. The number of hydrogen-bond acceptors (Lipinski definition) is 5. The highest BCUT2D eigenvalue weighted by molar-refractivity contribution is 7.16. The van der Waals surface area contributed by atoms with Gasteiger partial charge in [0.25, 0.3) is 0 Å². The van der Waals surface area contributed by atoms with E-state index in [1.165, 1.54) is 10.4 Å². The predicted octanol–water partition coefficient (Wildman–Crippen LogP) is 3.95. The largest absolute Gasteiger partial charge is 0.370 e. The molecule has 2 N–H and O–H groups in total. The number of carbonyl (C=O) groups is 1. The quantitative estimate of drug-likeness (QED) is 0.532. The minimum absolute atomic E-state index is 0.164. The maximum absolute atomic E-state index is 12.4. The summed E-state index contributed by atoms with van der Waals surface area (Å²) in [6.07, 6.45) is 6.70. The van der Waals surface area contributed by atoms with Crippen LogP contribution in [0.25, 0.3) is 32.4 Å². The van der Waals surface area contributed by atoms with E-state index in [-0.39, 0.29) is 11.3 Å². The molecule has 0 unspecified atom stereocenters. The third-order valence-electron chi connectivity index (χ3n) is 6.61. The van der Waals surface area contributed by atoms with Crippen molar-refractivity contribution in [3.63, 3.8) is 0 Å². The van der Waals surface area contributed by atoms with Crippen LogP contribution in [-0.4, -0.2) is 40.5 Å². The molecular formula is C22H21N5OS. The van der Waals surface area contributed by atoms with E-state index in [4.69, 9.17) is 0 Å². The number of thiazole rings is 1. The van der Waals surface area contributed by atoms with Crippen molar-refractivity contribution in [2.75, 3.05) is 24.5 Å². The molecule has 2 aliphatic heterocycles. The second kappa shape index (κ2) is 6.29. The number of amides is 1. The predicted molar refractivity (Wildman–Crippen MR) is 116 cm³/mol. The van der Waals surface area contributed by atoms with E-state index in [1.54, 1.807) is 11.3 Å². The van der Waals surface area contributed by atoms with Crippen molar-refractivity contribution in [2.24, 2.45) is 5.41 Å². The van der Waals surface area contributed by atoms with Gasteiger partial charge in [0.1, 0.15) is 5.65 Å². The van der Waals surface area contributed by atoms with E-state index >= 15 is 0 Å². The molecule has 0 atom stereocenters. The first-order chi connectivity index (χ1) is 14.2. The third-order valence-corrected chi connectivity index (χ3v) is 7.40. The van der Waals surface area contributed by atoms with Gasteiger partial charge in [-0.2, -0.15) is 0 Å². The number of aromatic amines is 1. The highest BCUT2D eigenvalue weighted by Gasteiger charge is 2.44. The molecule has 4 aromatic rings. The molecule has 1 spiro atoms. The Hall–Kier alpha value is -2.93. The van der Waals surface area contributed by atoms with E-state index in [9.17, 15) is 4.79 Å². The summed E-state index contributed by atoms with van der Waals surface area (Å²) in [5.74, 6) is 0.245. The Bertz CT molecular complexity index is 1230. The minimum atomic E-state index is -0.164. The topological polar surface area (TPSA) is 73.9 Å². The number of piperidine rings is 1. The summed E-state index contributed by atoms with van der Waals surface area (Å²) < 4.78 is 1.18. The Morgan fingerprint density at radius 3 is 2.83 bits per heavy atom. The average molecular weight is 404 g/mol. The van der Waals surface area contributed by atoms with Gasteiger partial charge in [-0.3, -0.25) is 4.79 Å². The normalized spacial score (nSPS) is 18.8. The van der Waals surface area contributed by atoms with Crippen molar-refractivity contribution in [2.45, 2.75) is 19.3 Å². The fourth-order valence-electron chi connectivity index (χ4n) is 4.92. The van der Waals surface area contributed by atoms with Gasteiger partial charge in [0.15, 0.2) is 0 Å². The molecule has 0 bridgehead atoms. The number of pyridine rings is 1. The van der Waals surface area contributed by atoms with E-state index in [0.29, 0.717) is 0 Å². The van der Waals surface area contributed by atoms with Crippen LogP contribution in [0.3, 0.4) is 0 Å². The summed E-state index contributed by atoms with van der Waals surface area (Å²) in [5, 5.41) is 4.17. The number of carbonyl (C=O) groups excluding carboxylic acids is 1. The molecule has 5 heterocycles. The van der Waals surface area contributed by atoms with Crippen LogP contribution >= 0.6 is 11.3 Å². The number of hydrogen-bond donors (Lipinski definition) is 2. The highest BCUT2D eigenvalue weighted by atomic mass is 32.1. The van der Waals surface area contributed by atoms with Crippen LogP contribution < -0.4 is 10.2 Å². The van der Waals surface area contributed by atoms with Crippen LogP contribution in [-0.2, 0) is 4.79 Å². The summed E-state index contributed by atoms with van der Waals surface area (Å²) in [5.41, 5.74) is 7.17. The molecule has 7 heteroatoms. The maximum Gasteiger partial charge on any atom is 0.226 e. The first-order valence-corrected chi connectivity index (χ1v) is 10.9. The number of anilines is 1. The molecule has 2 saturated heterocycles. The van der Waals surface area contributed by atoms with Crippen LogP contribution in [0.2, 0.25) is 0 Å². The van der Waals surface area contributed by atoms with Crippen LogP contribution in [0.5, 0.6) is 0 Å². The molecule has 2 aliphatic rings. The molecular weight excluding hydrogens is 382 g/mol. The third kappa shape index (κ3) is 2.57. The highest BCUT2D eigenvalue weighted by Crippen LogP contribution is 2.43. The molecule has 1 amide bonds. The molecule has 0 aliphatic carbocycles. The lowest BCUT2D eigenvalue weighted by atomic mass is 9.77. The minimum Gasteiger partial charge on any atom is -0.370 e. The fraction of sp³-hybridized carbons (Fsp3) is 0.318. The zero-order valence-corrected chi connectivity index (χ0v) is 16.8. The van der Waals surface area contributed by atoms with Gasteiger partial charge in [-0.15, -0.1) is 11.3 Å². The Labute approximate surface area is 172 Å². The first kappa shape index (κ1) is 17.0. The van der Waals surface area contributed by atoms with Crippen molar-refractivity contribution < 1.29 is 4.79 Å². The van der Waals surface area contributed by atoms with Crippen LogP contribution in [0.1, 0.15) is 19.3 Å². The van der Waals surface area contributed by atoms with E-state index in [2.05, 4.69) is 49.4 Å². The number of nitrogens with zero attached hydrogens (tertiary/aromatic N) is 3. The Balaban J connectivity index is 1.44. The van der Waals surface area contributed by atoms with Gasteiger partial charge in [-0.25, -0.2) is 9.97 Å². The van der Waals surface area contributed by atoms with Crippen LogP contribution in [0.4, 0.5) is 5.69 Å². The van der Waals surface area contributed by atoms with Gasteiger partial charge < -0.3 is 15.2 Å². The number of aromatic nitrogens is 3. The van der Waals surface area contributed by atoms with Crippen molar-refractivity contribution in [1.29, 1.82) is 0 Å². The van der Waals surface area contributed by atoms with Gasteiger partial charge in [0.2, 0.25) is 5.91 Å². The molecule has 3 aromatic heterocycles. The van der Waals surface area contributed by atoms with Gasteiger partial charge in [0, 0.05) is 43.0 Å². The lowest BCUT2D eigenvalue weighted by Crippen LogP contribution is -2.44. The van der Waals surface area contributed by atoms with E-state index < -0.39 is 0 Å². The maximum atomic E-state index is 12.4. The molecule has 2 fully saturated rings. The molecule has 29 heavy (non-hydrogen) atoms. The standard InChI is InChI=1S/C22H21N5OS/c28-21-22(4-8-24-21)5-9-27(10-6-22)19-15-3-7-23-20(15)25-12-16(19)14-1-2-17-18(11-14)29-13-26-17/h1-3,7,11-13H,4-6,8-10H2,(H,23,25)(H,24,28). The Kier molecular flexibility index (Phi) is 3.68. The summed E-state index contributed by atoms with van der Waals surface area (Å²) in [6.45, 7) is 2.58. The summed E-state index contributed by atoms with van der Waals surface area (Å²) >= 11 is 1.66. The van der Waals surface area contributed by atoms with Crippen molar-refractivity contribution in [1.82, 2.24) is 20.3 Å². The van der Waals surface area contributed by atoms with Gasteiger partial charge in [0.05, 0.1) is 26.8 Å². The molecule has 6 rings (SSSR count). The summed E-state index contributed by atoms with van der Waals surface area (Å²) in [4.78, 5) is 27.2. The lowest BCUT2D eigenvalue weighted by molar-refractivity contribution is -0.128.